The van der Waals surface area contributed by atoms with E-state index in [0.717, 1.165) is 0 Å². The van der Waals surface area contributed by atoms with Crippen molar-refractivity contribution in [3.63, 3.8) is 0 Å². The van der Waals surface area contributed by atoms with Crippen LogP contribution < -0.4 is 5.32 Å². The lowest BCUT2D eigenvalue weighted by Crippen LogP contribution is -2.56. The number of carbonyl (C=O) groups is 3. The molecule has 2 heterocycles. The van der Waals surface area contributed by atoms with E-state index < -0.39 is 44.0 Å². The molecule has 0 aromatic carbocycles. The Hall–Kier alpha value is -1.87. The van der Waals surface area contributed by atoms with Crippen LogP contribution in [0.4, 0.5) is 4.79 Å². The topological polar surface area (TPSA) is 105 Å². The molecule has 4 atom stereocenters. The molecule has 2 N–H and O–H groups in total. The number of hydrogen-bond donors (Lipinski definition) is 2. The summed E-state index contributed by atoms with van der Waals surface area (Å²) in [6.07, 6.45) is 3.78. The molecule has 0 aromatic rings. The fraction of sp³-hybridized carbons (Fsp3) is 0.773. The maximum absolute atomic E-state index is 13.4. The van der Waals surface area contributed by atoms with Crippen LogP contribution in [-0.2, 0) is 18.8 Å². The molecular formula is C22H38N2O6Si. The highest BCUT2D eigenvalue weighted by atomic mass is 28.4. The number of aliphatic carboxylic acids is 1. The van der Waals surface area contributed by atoms with Crippen molar-refractivity contribution in [2.75, 3.05) is 0 Å². The summed E-state index contributed by atoms with van der Waals surface area (Å²) in [6, 6.07) is -2.26. The Bertz CT molecular complexity index is 737. The monoisotopic (exact) mass is 454 g/mol. The number of hydrogen-bond acceptors (Lipinski definition) is 5. The van der Waals surface area contributed by atoms with Gasteiger partial charge in [-0.25, -0.2) is 9.59 Å². The van der Waals surface area contributed by atoms with Gasteiger partial charge in [-0.05, 0) is 51.7 Å². The van der Waals surface area contributed by atoms with E-state index in [0.29, 0.717) is 6.42 Å². The highest BCUT2D eigenvalue weighted by Gasteiger charge is 2.52. The Morgan fingerprint density at radius 1 is 1.13 bits per heavy atom. The van der Waals surface area contributed by atoms with Crippen molar-refractivity contribution in [3.8, 4) is 0 Å². The predicted molar refractivity (Wildman–Crippen MR) is 120 cm³/mol. The van der Waals surface area contributed by atoms with Gasteiger partial charge >= 0.3 is 12.1 Å². The van der Waals surface area contributed by atoms with Crippen LogP contribution in [-0.4, -0.2) is 66.1 Å². The summed E-state index contributed by atoms with van der Waals surface area (Å²) in [5.41, 5.74) is -0.702. The number of carboxylic acid groups (broad SMARTS) is 1. The summed E-state index contributed by atoms with van der Waals surface area (Å²) >= 11 is 0. The molecule has 2 amide bonds. The second-order valence-electron chi connectivity index (χ2n) is 11.0. The van der Waals surface area contributed by atoms with E-state index in [4.69, 9.17) is 9.16 Å². The maximum Gasteiger partial charge on any atom is 0.408 e. The zero-order chi connectivity index (χ0) is 23.8. The highest BCUT2D eigenvalue weighted by molar-refractivity contribution is 6.74. The minimum absolute atomic E-state index is 0.0403. The minimum Gasteiger partial charge on any atom is -0.480 e. The summed E-state index contributed by atoms with van der Waals surface area (Å²) in [7, 11) is -2.18. The number of alkyl carbamates (subject to hydrolysis) is 1. The fourth-order valence-corrected chi connectivity index (χ4v) is 5.07. The lowest BCUT2D eigenvalue weighted by Gasteiger charge is -2.40. The van der Waals surface area contributed by atoms with E-state index in [1.807, 2.05) is 12.2 Å². The SMILES string of the molecule is CC(C)(C)OC(=O)N[C@H]1C/C=C\C[C@H]2[C@H](O[Si](C)(C)C(C)(C)C)C[C@@H](C(=O)O)N2C1=O. The van der Waals surface area contributed by atoms with Crippen LogP contribution >= 0.6 is 0 Å². The fourth-order valence-electron chi connectivity index (χ4n) is 3.70. The first-order valence-corrected chi connectivity index (χ1v) is 13.8. The zero-order valence-corrected chi connectivity index (χ0v) is 21.0. The zero-order valence-electron chi connectivity index (χ0n) is 20.0. The van der Waals surface area contributed by atoms with E-state index in [1.165, 1.54) is 4.90 Å². The lowest BCUT2D eigenvalue weighted by molar-refractivity contribution is -0.150. The van der Waals surface area contributed by atoms with Crippen molar-refractivity contribution in [1.29, 1.82) is 0 Å². The van der Waals surface area contributed by atoms with Gasteiger partial charge in [0, 0.05) is 6.42 Å². The molecule has 1 fully saturated rings. The summed E-state index contributed by atoms with van der Waals surface area (Å²) in [4.78, 5) is 39.2. The quantitative estimate of drug-likeness (QED) is 0.496. The highest BCUT2D eigenvalue weighted by Crippen LogP contribution is 2.41. The Kier molecular flexibility index (Phi) is 7.32. The Morgan fingerprint density at radius 2 is 1.71 bits per heavy atom. The largest absolute Gasteiger partial charge is 0.480 e. The molecule has 176 valence electrons. The molecule has 8 nitrogen and oxygen atoms in total. The molecule has 0 bridgehead atoms. The number of ether oxygens (including phenoxy) is 1. The van der Waals surface area contributed by atoms with E-state index in [9.17, 15) is 19.5 Å². The Labute approximate surface area is 186 Å². The first kappa shape index (κ1) is 25.4. The van der Waals surface area contributed by atoms with Gasteiger partial charge in [0.05, 0.1) is 12.1 Å². The van der Waals surface area contributed by atoms with E-state index in [1.54, 1.807) is 20.8 Å². The summed E-state index contributed by atoms with van der Waals surface area (Å²) in [6.45, 7) is 15.9. The van der Waals surface area contributed by atoms with Crippen LogP contribution in [0.15, 0.2) is 12.2 Å². The molecule has 31 heavy (non-hydrogen) atoms. The van der Waals surface area contributed by atoms with Gasteiger partial charge in [0.1, 0.15) is 17.7 Å². The van der Waals surface area contributed by atoms with Crippen LogP contribution in [0.2, 0.25) is 18.1 Å². The van der Waals surface area contributed by atoms with Crippen LogP contribution in [0.3, 0.4) is 0 Å². The smallest absolute Gasteiger partial charge is 0.408 e. The van der Waals surface area contributed by atoms with Crippen LogP contribution in [0.5, 0.6) is 0 Å². The maximum atomic E-state index is 13.4. The summed E-state index contributed by atoms with van der Waals surface area (Å²) in [5.74, 6) is -1.46. The molecule has 0 spiro atoms. The van der Waals surface area contributed by atoms with Gasteiger partial charge in [0.25, 0.3) is 0 Å². The number of carbonyl (C=O) groups excluding carboxylic acids is 2. The third-order valence-electron chi connectivity index (χ3n) is 6.27. The predicted octanol–water partition coefficient (Wildman–Crippen LogP) is 3.67. The second kappa shape index (κ2) is 8.94. The molecule has 1 saturated heterocycles. The number of nitrogens with one attached hydrogen (secondary N) is 1. The summed E-state index contributed by atoms with van der Waals surface area (Å²) in [5, 5.41) is 12.4. The minimum atomic E-state index is -2.18. The van der Waals surface area contributed by atoms with Gasteiger partial charge in [-0.2, -0.15) is 0 Å². The normalized spacial score (nSPS) is 28.4. The number of amides is 2. The first-order valence-electron chi connectivity index (χ1n) is 10.9. The van der Waals surface area contributed by atoms with Gasteiger partial charge < -0.3 is 24.5 Å². The number of nitrogens with zero attached hydrogens (tertiary/aromatic N) is 1. The Balaban J connectivity index is 2.31. The van der Waals surface area contributed by atoms with Gasteiger partial charge in [0.2, 0.25) is 5.91 Å². The van der Waals surface area contributed by atoms with Crippen molar-refractivity contribution in [1.82, 2.24) is 10.2 Å². The molecule has 2 aliphatic rings. The van der Waals surface area contributed by atoms with Crippen LogP contribution in [0.1, 0.15) is 60.8 Å². The standard InChI is InChI=1S/C22H38N2O6Si/c1-21(2,3)29-20(28)23-14-11-9-10-12-15-17(30-31(7,8)22(4,5)6)13-16(19(26)27)24(15)18(14)25/h9-10,14-17H,11-13H2,1-8H3,(H,23,28)(H,26,27)/b10-9-/t14-,15-,16-,17+/m0/s1. The molecule has 0 unspecified atom stereocenters. The van der Waals surface area contributed by atoms with Crippen LogP contribution in [0.25, 0.3) is 0 Å². The average molecular weight is 455 g/mol. The molecular weight excluding hydrogens is 416 g/mol. The third-order valence-corrected chi connectivity index (χ3v) is 10.8. The van der Waals surface area contributed by atoms with Crippen LogP contribution in [0, 0.1) is 0 Å². The molecule has 2 rings (SSSR count). The van der Waals surface area contributed by atoms with Crippen molar-refractivity contribution in [2.24, 2.45) is 0 Å². The van der Waals surface area contributed by atoms with Crippen molar-refractivity contribution in [3.05, 3.63) is 12.2 Å². The molecule has 0 saturated carbocycles. The third kappa shape index (κ3) is 6.09. The van der Waals surface area contributed by atoms with Crippen molar-refractivity contribution in [2.45, 2.75) is 109 Å². The van der Waals surface area contributed by atoms with E-state index >= 15 is 0 Å². The number of fused-ring (bicyclic) bond motifs is 1. The summed E-state index contributed by atoms with van der Waals surface area (Å²) < 4.78 is 11.9. The molecule has 0 aromatic heterocycles. The molecule has 0 aliphatic carbocycles. The van der Waals surface area contributed by atoms with E-state index in [2.05, 4.69) is 39.2 Å². The Morgan fingerprint density at radius 3 is 2.23 bits per heavy atom. The molecule has 0 radical (unpaired) electrons. The first-order chi connectivity index (χ1) is 14.0. The van der Waals surface area contributed by atoms with Gasteiger partial charge in [0.15, 0.2) is 8.32 Å². The lowest BCUT2D eigenvalue weighted by atomic mass is 10.0. The van der Waals surface area contributed by atoms with Gasteiger partial charge in [-0.3, -0.25) is 4.79 Å². The molecule has 2 aliphatic heterocycles. The average Bonchev–Trinajstić information content (AvgIpc) is 2.90. The second-order valence-corrected chi connectivity index (χ2v) is 15.7. The van der Waals surface area contributed by atoms with Crippen molar-refractivity contribution >= 4 is 26.3 Å². The van der Waals surface area contributed by atoms with Gasteiger partial charge in [-0.1, -0.05) is 32.9 Å². The number of rotatable bonds is 4. The number of carboxylic acids is 1. The van der Waals surface area contributed by atoms with Gasteiger partial charge in [-0.15, -0.1) is 0 Å². The van der Waals surface area contributed by atoms with E-state index in [-0.39, 0.29) is 30.0 Å². The molecule has 9 heteroatoms. The van der Waals surface area contributed by atoms with Crippen molar-refractivity contribution < 1.29 is 28.7 Å².